The van der Waals surface area contributed by atoms with Gasteiger partial charge in [-0.2, -0.15) is 0 Å². The van der Waals surface area contributed by atoms with Crippen molar-refractivity contribution in [2.24, 2.45) is 5.73 Å². The molecule has 0 spiro atoms. The van der Waals surface area contributed by atoms with Crippen molar-refractivity contribution in [2.45, 2.75) is 25.8 Å². The molecule has 5 nitrogen and oxygen atoms in total. The van der Waals surface area contributed by atoms with E-state index in [0.29, 0.717) is 12.8 Å². The minimum Gasteiger partial charge on any atom is -0.347 e. The topological polar surface area (TPSA) is 66.6 Å². The summed E-state index contributed by atoms with van der Waals surface area (Å²) in [5.41, 5.74) is 5.54. The molecule has 2 amide bonds. The van der Waals surface area contributed by atoms with Gasteiger partial charge in [-0.1, -0.05) is 0 Å². The van der Waals surface area contributed by atoms with Gasteiger partial charge in [0.25, 0.3) is 0 Å². The van der Waals surface area contributed by atoms with Crippen LogP contribution in [0.2, 0.25) is 0 Å². The van der Waals surface area contributed by atoms with E-state index >= 15 is 0 Å². The number of likely N-dealkylation sites (N-methyl/N-ethyl adjacent to an activating group) is 2. The third-order valence-corrected chi connectivity index (χ3v) is 2.11. The van der Waals surface area contributed by atoms with Crippen molar-refractivity contribution in [3.8, 4) is 0 Å². The fourth-order valence-corrected chi connectivity index (χ4v) is 0.974. The van der Waals surface area contributed by atoms with Gasteiger partial charge >= 0.3 is 0 Å². The quantitative estimate of drug-likeness (QED) is 0.753. The van der Waals surface area contributed by atoms with Gasteiger partial charge in [-0.15, -0.1) is 12.4 Å². The van der Waals surface area contributed by atoms with Gasteiger partial charge in [0, 0.05) is 33.6 Å². The van der Waals surface area contributed by atoms with Gasteiger partial charge < -0.3 is 15.5 Å². The van der Waals surface area contributed by atoms with Crippen LogP contribution in [0, 0.1) is 0 Å². The van der Waals surface area contributed by atoms with E-state index in [1.54, 1.807) is 21.1 Å². The molecule has 0 fully saturated rings. The van der Waals surface area contributed by atoms with E-state index in [1.807, 2.05) is 6.92 Å². The number of hydrogen-bond donors (Lipinski definition) is 1. The standard InChI is InChI=1S/C10H21N3O2.ClH/c1-8(11)5-6-9(14)13(4)7-10(15)12(2)3;/h8H,5-7,11H2,1-4H3;1H. The molecular weight excluding hydrogens is 230 g/mol. The molecular formula is C10H22ClN3O2. The minimum absolute atomic E-state index is 0. The zero-order valence-corrected chi connectivity index (χ0v) is 11.2. The Hall–Kier alpha value is -0.810. The summed E-state index contributed by atoms with van der Waals surface area (Å²) in [5, 5.41) is 0. The summed E-state index contributed by atoms with van der Waals surface area (Å²) in [5.74, 6) is -0.117. The van der Waals surface area contributed by atoms with Crippen molar-refractivity contribution in [3.63, 3.8) is 0 Å². The van der Waals surface area contributed by atoms with Crippen LogP contribution in [-0.2, 0) is 9.59 Å². The maximum atomic E-state index is 11.5. The Morgan fingerprint density at radius 2 is 1.69 bits per heavy atom. The van der Waals surface area contributed by atoms with Crippen LogP contribution in [0.1, 0.15) is 19.8 Å². The molecule has 0 bridgehead atoms. The van der Waals surface area contributed by atoms with Gasteiger partial charge in [0.15, 0.2) is 0 Å². The van der Waals surface area contributed by atoms with Crippen molar-refractivity contribution in [1.82, 2.24) is 9.80 Å². The van der Waals surface area contributed by atoms with Gasteiger partial charge in [-0.3, -0.25) is 9.59 Å². The largest absolute Gasteiger partial charge is 0.347 e. The highest BCUT2D eigenvalue weighted by Gasteiger charge is 2.14. The Labute approximate surface area is 103 Å². The molecule has 0 aliphatic rings. The van der Waals surface area contributed by atoms with Crippen LogP contribution in [0.15, 0.2) is 0 Å². The van der Waals surface area contributed by atoms with Crippen molar-refractivity contribution in [3.05, 3.63) is 0 Å². The molecule has 0 aliphatic heterocycles. The van der Waals surface area contributed by atoms with Crippen LogP contribution in [0.25, 0.3) is 0 Å². The van der Waals surface area contributed by atoms with Crippen LogP contribution in [-0.4, -0.2) is 55.3 Å². The third kappa shape index (κ3) is 7.48. The molecule has 16 heavy (non-hydrogen) atoms. The van der Waals surface area contributed by atoms with E-state index in [0.717, 1.165) is 0 Å². The smallest absolute Gasteiger partial charge is 0.241 e. The van der Waals surface area contributed by atoms with Crippen molar-refractivity contribution >= 4 is 24.2 Å². The zero-order chi connectivity index (χ0) is 12.0. The van der Waals surface area contributed by atoms with Crippen molar-refractivity contribution in [1.29, 1.82) is 0 Å². The number of hydrogen-bond acceptors (Lipinski definition) is 3. The van der Waals surface area contributed by atoms with Gasteiger partial charge in [0.2, 0.25) is 11.8 Å². The predicted molar refractivity (Wildman–Crippen MR) is 66.5 cm³/mol. The number of amides is 2. The van der Waals surface area contributed by atoms with Crippen LogP contribution in [0.4, 0.5) is 0 Å². The Balaban J connectivity index is 0. The third-order valence-electron chi connectivity index (χ3n) is 2.11. The number of carbonyl (C=O) groups is 2. The zero-order valence-electron chi connectivity index (χ0n) is 10.4. The molecule has 0 rings (SSSR count). The Bertz CT molecular complexity index is 232. The molecule has 0 aromatic heterocycles. The summed E-state index contributed by atoms with van der Waals surface area (Å²) in [7, 11) is 4.97. The number of carbonyl (C=O) groups excluding carboxylic acids is 2. The van der Waals surface area contributed by atoms with Crippen LogP contribution >= 0.6 is 12.4 Å². The number of nitrogens with two attached hydrogens (primary N) is 1. The molecule has 1 atom stereocenters. The lowest BCUT2D eigenvalue weighted by atomic mass is 10.2. The molecule has 0 saturated heterocycles. The van der Waals surface area contributed by atoms with Crippen LogP contribution < -0.4 is 5.73 Å². The average Bonchev–Trinajstić information content (AvgIpc) is 2.13. The summed E-state index contributed by atoms with van der Waals surface area (Å²) in [6.07, 6.45) is 1.05. The van der Waals surface area contributed by atoms with E-state index in [4.69, 9.17) is 5.73 Å². The lowest BCUT2D eigenvalue weighted by molar-refractivity contribution is -0.138. The molecule has 0 aromatic carbocycles. The van der Waals surface area contributed by atoms with E-state index in [-0.39, 0.29) is 36.8 Å². The minimum atomic E-state index is -0.0772. The van der Waals surface area contributed by atoms with Crippen molar-refractivity contribution < 1.29 is 9.59 Å². The number of rotatable bonds is 5. The summed E-state index contributed by atoms with van der Waals surface area (Å²) in [6, 6.07) is 0.0203. The maximum absolute atomic E-state index is 11.5. The monoisotopic (exact) mass is 251 g/mol. The SMILES string of the molecule is CC(N)CCC(=O)N(C)CC(=O)N(C)C.Cl. The first-order chi connectivity index (χ1) is 6.84. The fourth-order valence-electron chi connectivity index (χ4n) is 0.974. The Kier molecular flexibility index (Phi) is 9.18. The highest BCUT2D eigenvalue weighted by Crippen LogP contribution is 1.98. The second-order valence-electron chi connectivity index (χ2n) is 4.05. The normalized spacial score (nSPS) is 11.3. The van der Waals surface area contributed by atoms with Crippen LogP contribution in [0.3, 0.4) is 0 Å². The number of halogens is 1. The van der Waals surface area contributed by atoms with Gasteiger partial charge in [0.05, 0.1) is 6.54 Å². The van der Waals surface area contributed by atoms with Gasteiger partial charge in [0.1, 0.15) is 0 Å². The second kappa shape index (κ2) is 8.35. The maximum Gasteiger partial charge on any atom is 0.241 e. The lowest BCUT2D eigenvalue weighted by Crippen LogP contribution is -2.38. The second-order valence-corrected chi connectivity index (χ2v) is 4.05. The summed E-state index contributed by atoms with van der Waals surface area (Å²) in [6.45, 7) is 1.99. The molecule has 96 valence electrons. The lowest BCUT2D eigenvalue weighted by Gasteiger charge is -2.19. The van der Waals surface area contributed by atoms with Crippen molar-refractivity contribution in [2.75, 3.05) is 27.7 Å². The molecule has 2 N–H and O–H groups in total. The molecule has 0 radical (unpaired) electrons. The highest BCUT2D eigenvalue weighted by molar-refractivity contribution is 5.85. The molecule has 0 aliphatic carbocycles. The molecule has 0 saturated carbocycles. The number of nitrogens with zero attached hydrogens (tertiary/aromatic N) is 2. The summed E-state index contributed by atoms with van der Waals surface area (Å²) >= 11 is 0. The Morgan fingerprint density at radius 3 is 2.06 bits per heavy atom. The van der Waals surface area contributed by atoms with E-state index < -0.39 is 0 Å². The van der Waals surface area contributed by atoms with E-state index in [2.05, 4.69) is 0 Å². The van der Waals surface area contributed by atoms with Gasteiger partial charge in [-0.05, 0) is 13.3 Å². The summed E-state index contributed by atoms with van der Waals surface area (Å²) in [4.78, 5) is 25.7. The molecule has 1 unspecified atom stereocenters. The Morgan fingerprint density at radius 1 is 1.19 bits per heavy atom. The molecule has 0 heterocycles. The van der Waals surface area contributed by atoms with E-state index in [9.17, 15) is 9.59 Å². The average molecular weight is 252 g/mol. The highest BCUT2D eigenvalue weighted by atomic mass is 35.5. The van der Waals surface area contributed by atoms with E-state index in [1.165, 1.54) is 9.80 Å². The molecule has 0 aromatic rings. The fraction of sp³-hybridized carbons (Fsp3) is 0.800. The molecule has 6 heteroatoms. The van der Waals surface area contributed by atoms with Gasteiger partial charge in [-0.25, -0.2) is 0 Å². The first-order valence-corrected chi connectivity index (χ1v) is 5.04. The first-order valence-electron chi connectivity index (χ1n) is 5.04. The first kappa shape index (κ1) is 17.6. The van der Waals surface area contributed by atoms with Crippen LogP contribution in [0.5, 0.6) is 0 Å². The summed E-state index contributed by atoms with van der Waals surface area (Å²) < 4.78 is 0. The predicted octanol–water partition coefficient (Wildman–Crippen LogP) is 0.0822.